The highest BCUT2D eigenvalue weighted by Crippen LogP contribution is 2.35. The van der Waals surface area contributed by atoms with Crippen molar-refractivity contribution in [3.63, 3.8) is 0 Å². The van der Waals surface area contributed by atoms with Crippen molar-refractivity contribution in [2.24, 2.45) is 0 Å². The second kappa shape index (κ2) is 10.3. The van der Waals surface area contributed by atoms with Crippen molar-refractivity contribution in [3.05, 3.63) is 58.8 Å². The molecular weight excluding hydrogens is 434 g/mol. The lowest BCUT2D eigenvalue weighted by Crippen LogP contribution is -2.43. The first-order valence-corrected chi connectivity index (χ1v) is 11.4. The van der Waals surface area contributed by atoms with E-state index in [9.17, 15) is 9.59 Å². The van der Waals surface area contributed by atoms with Crippen LogP contribution in [0.4, 0.5) is 5.69 Å². The van der Waals surface area contributed by atoms with Crippen LogP contribution in [-0.2, 0) is 14.3 Å². The van der Waals surface area contributed by atoms with Gasteiger partial charge in [-0.25, -0.2) is 0 Å². The summed E-state index contributed by atoms with van der Waals surface area (Å²) >= 11 is 0. The van der Waals surface area contributed by atoms with Gasteiger partial charge in [-0.2, -0.15) is 0 Å². The minimum Gasteiger partial charge on any atom is -0.497 e. The molecule has 0 unspecified atom stereocenters. The van der Waals surface area contributed by atoms with E-state index in [2.05, 4.69) is 10.2 Å². The molecule has 2 heterocycles. The van der Waals surface area contributed by atoms with E-state index < -0.39 is 0 Å². The highest BCUT2D eigenvalue weighted by molar-refractivity contribution is 6.36. The van der Waals surface area contributed by atoms with E-state index in [1.54, 1.807) is 32.4 Å². The largest absolute Gasteiger partial charge is 0.497 e. The highest BCUT2D eigenvalue weighted by Gasteiger charge is 2.39. The summed E-state index contributed by atoms with van der Waals surface area (Å²) in [5.41, 5.74) is 4.09. The van der Waals surface area contributed by atoms with E-state index in [1.807, 2.05) is 32.0 Å². The predicted molar refractivity (Wildman–Crippen MR) is 130 cm³/mol. The number of imide groups is 1. The minimum atomic E-state index is -0.343. The summed E-state index contributed by atoms with van der Waals surface area (Å²) in [4.78, 5) is 30.6. The molecule has 180 valence electrons. The fourth-order valence-electron chi connectivity index (χ4n) is 4.16. The summed E-state index contributed by atoms with van der Waals surface area (Å²) in [6.07, 6.45) is 0. The van der Waals surface area contributed by atoms with Crippen LogP contribution in [0.25, 0.3) is 5.57 Å². The molecule has 8 nitrogen and oxygen atoms in total. The molecular formula is C26H31N3O5. The zero-order chi connectivity index (χ0) is 24.2. The van der Waals surface area contributed by atoms with Crippen molar-refractivity contribution in [3.8, 4) is 11.5 Å². The lowest BCUT2D eigenvalue weighted by Gasteiger charge is -2.28. The molecule has 0 atom stereocenters. The number of methoxy groups -OCH3 is 2. The summed E-state index contributed by atoms with van der Waals surface area (Å²) < 4.78 is 16.2. The molecule has 0 spiro atoms. The summed E-state index contributed by atoms with van der Waals surface area (Å²) in [6.45, 7) is 7.86. The standard InChI is InChI=1S/C26H31N3O5/c1-17-5-6-19(15-18(17)2)23-24(27-21-8-7-20(32-3)16-22(21)33-4)26(31)29(25(23)30)10-9-28-11-13-34-14-12-28/h5-8,15-16,27H,9-14H2,1-4H3. The van der Waals surface area contributed by atoms with Crippen molar-refractivity contribution < 1.29 is 23.8 Å². The molecule has 2 amide bonds. The minimum absolute atomic E-state index is 0.249. The van der Waals surface area contributed by atoms with E-state index in [4.69, 9.17) is 14.2 Å². The molecule has 2 aliphatic rings. The average molecular weight is 466 g/mol. The van der Waals surface area contributed by atoms with Crippen molar-refractivity contribution in [2.75, 3.05) is 58.9 Å². The quantitative estimate of drug-likeness (QED) is 0.601. The number of carbonyl (C=O) groups excluding carboxylic acids is 2. The van der Waals surface area contributed by atoms with E-state index in [0.717, 1.165) is 24.2 Å². The van der Waals surface area contributed by atoms with Crippen LogP contribution in [0.5, 0.6) is 11.5 Å². The van der Waals surface area contributed by atoms with Crippen molar-refractivity contribution >= 4 is 23.1 Å². The molecule has 0 aromatic heterocycles. The van der Waals surface area contributed by atoms with Crippen LogP contribution in [0.15, 0.2) is 42.1 Å². The van der Waals surface area contributed by atoms with Crippen LogP contribution in [0, 0.1) is 13.8 Å². The van der Waals surface area contributed by atoms with Gasteiger partial charge in [-0.1, -0.05) is 18.2 Å². The number of benzene rings is 2. The number of rotatable bonds is 8. The maximum Gasteiger partial charge on any atom is 0.278 e. The fraction of sp³-hybridized carbons (Fsp3) is 0.385. The lowest BCUT2D eigenvalue weighted by molar-refractivity contribution is -0.137. The normalized spacial score (nSPS) is 16.9. The molecule has 1 N–H and O–H groups in total. The number of hydrogen-bond donors (Lipinski definition) is 1. The number of amides is 2. The maximum atomic E-state index is 13.6. The van der Waals surface area contributed by atoms with Crippen molar-refractivity contribution in [2.45, 2.75) is 13.8 Å². The number of anilines is 1. The second-order valence-corrected chi connectivity index (χ2v) is 8.46. The van der Waals surface area contributed by atoms with Gasteiger partial charge in [0.1, 0.15) is 17.2 Å². The van der Waals surface area contributed by atoms with Crippen LogP contribution < -0.4 is 14.8 Å². The first kappa shape index (κ1) is 23.8. The Balaban J connectivity index is 1.68. The second-order valence-electron chi connectivity index (χ2n) is 8.46. The topological polar surface area (TPSA) is 80.3 Å². The molecule has 0 aliphatic carbocycles. The summed E-state index contributed by atoms with van der Waals surface area (Å²) in [7, 11) is 3.13. The molecule has 2 aromatic carbocycles. The fourth-order valence-corrected chi connectivity index (χ4v) is 4.16. The molecule has 4 rings (SSSR count). The van der Waals surface area contributed by atoms with Crippen LogP contribution in [-0.4, -0.2) is 75.2 Å². The summed E-state index contributed by atoms with van der Waals surface area (Å²) in [5, 5.41) is 3.20. The monoisotopic (exact) mass is 465 g/mol. The molecule has 1 saturated heterocycles. The van der Waals surface area contributed by atoms with E-state index in [1.165, 1.54) is 4.90 Å². The summed E-state index contributed by atoms with van der Waals surface area (Å²) in [5.74, 6) is 0.505. The van der Waals surface area contributed by atoms with Gasteiger partial charge in [-0.15, -0.1) is 0 Å². The third kappa shape index (κ3) is 4.78. The highest BCUT2D eigenvalue weighted by atomic mass is 16.5. The predicted octanol–water partition coefficient (Wildman–Crippen LogP) is 2.84. The van der Waals surface area contributed by atoms with Gasteiger partial charge in [0.15, 0.2) is 0 Å². The number of nitrogens with one attached hydrogen (secondary N) is 1. The number of ether oxygens (including phenoxy) is 3. The Labute approximate surface area is 200 Å². The zero-order valence-electron chi connectivity index (χ0n) is 20.1. The Morgan fingerprint density at radius 1 is 0.912 bits per heavy atom. The number of aryl methyl sites for hydroxylation is 2. The Hall–Kier alpha value is -3.36. The van der Waals surface area contributed by atoms with Gasteiger partial charge in [0, 0.05) is 32.2 Å². The molecule has 34 heavy (non-hydrogen) atoms. The number of carbonyl (C=O) groups is 2. The average Bonchev–Trinajstić information content (AvgIpc) is 3.09. The van der Waals surface area contributed by atoms with Gasteiger partial charge in [0.25, 0.3) is 11.8 Å². The smallest absolute Gasteiger partial charge is 0.278 e. The van der Waals surface area contributed by atoms with E-state index in [-0.39, 0.29) is 17.5 Å². The van der Waals surface area contributed by atoms with Gasteiger partial charge >= 0.3 is 0 Å². The van der Waals surface area contributed by atoms with Crippen molar-refractivity contribution in [1.29, 1.82) is 0 Å². The number of hydrogen-bond acceptors (Lipinski definition) is 7. The van der Waals surface area contributed by atoms with Gasteiger partial charge in [0.05, 0.1) is 38.7 Å². The Kier molecular flexibility index (Phi) is 7.19. The first-order chi connectivity index (χ1) is 16.4. The molecule has 2 aromatic rings. The van der Waals surface area contributed by atoms with E-state index >= 15 is 0 Å². The Morgan fingerprint density at radius 2 is 1.68 bits per heavy atom. The van der Waals surface area contributed by atoms with Crippen LogP contribution in [0.3, 0.4) is 0 Å². The maximum absolute atomic E-state index is 13.6. The Morgan fingerprint density at radius 3 is 2.35 bits per heavy atom. The van der Waals surface area contributed by atoms with Gasteiger partial charge in [-0.05, 0) is 42.7 Å². The SMILES string of the molecule is COc1ccc(NC2=C(c3ccc(C)c(C)c3)C(=O)N(CCN3CCOCC3)C2=O)c(OC)c1. The number of nitrogens with zero attached hydrogens (tertiary/aromatic N) is 2. The Bertz CT molecular complexity index is 1120. The molecule has 0 radical (unpaired) electrons. The van der Waals surface area contributed by atoms with Crippen molar-refractivity contribution in [1.82, 2.24) is 9.80 Å². The van der Waals surface area contributed by atoms with E-state index in [0.29, 0.717) is 54.6 Å². The summed E-state index contributed by atoms with van der Waals surface area (Å²) in [6, 6.07) is 11.1. The molecule has 8 heteroatoms. The van der Waals surface area contributed by atoms with Gasteiger partial charge in [-0.3, -0.25) is 19.4 Å². The molecule has 1 fully saturated rings. The molecule has 2 aliphatic heterocycles. The molecule has 0 saturated carbocycles. The number of morpholine rings is 1. The third-order valence-corrected chi connectivity index (χ3v) is 6.38. The lowest BCUT2D eigenvalue weighted by atomic mass is 9.99. The third-order valence-electron chi connectivity index (χ3n) is 6.38. The first-order valence-electron chi connectivity index (χ1n) is 11.4. The van der Waals surface area contributed by atoms with Crippen LogP contribution in [0.1, 0.15) is 16.7 Å². The molecule has 0 bridgehead atoms. The van der Waals surface area contributed by atoms with Crippen LogP contribution >= 0.6 is 0 Å². The van der Waals surface area contributed by atoms with Gasteiger partial charge < -0.3 is 19.5 Å². The van der Waals surface area contributed by atoms with Crippen LogP contribution in [0.2, 0.25) is 0 Å². The van der Waals surface area contributed by atoms with Gasteiger partial charge in [0.2, 0.25) is 0 Å². The zero-order valence-corrected chi connectivity index (χ0v) is 20.1.